The van der Waals surface area contributed by atoms with Crippen LogP contribution in [0.15, 0.2) is 0 Å². The van der Waals surface area contributed by atoms with Gasteiger partial charge in [-0.2, -0.15) is 0 Å². The summed E-state index contributed by atoms with van der Waals surface area (Å²) in [4.78, 5) is 10.8. The summed E-state index contributed by atoms with van der Waals surface area (Å²) in [7, 11) is 0.710. The molecule has 7 nitrogen and oxygen atoms in total. The monoisotopic (exact) mass is 388 g/mol. The summed E-state index contributed by atoms with van der Waals surface area (Å²) in [6.45, 7) is 7.05. The third-order valence-corrected chi connectivity index (χ3v) is 3.45. The molecular weight excluding hydrogens is 359 g/mol. The molecule has 1 unspecified atom stereocenters. The van der Waals surface area contributed by atoms with Gasteiger partial charge in [-0.15, -0.1) is 11.7 Å². The van der Waals surface area contributed by atoms with E-state index in [2.05, 4.69) is 22.3 Å². The lowest BCUT2D eigenvalue weighted by molar-refractivity contribution is -0.00741. The maximum Gasteiger partial charge on any atom is 0.289 e. The minimum Gasteiger partial charge on any atom is -0.378 e. The molecule has 0 aromatic rings. The van der Waals surface area contributed by atoms with Crippen LogP contribution in [-0.2, 0) is 18.9 Å². The summed E-state index contributed by atoms with van der Waals surface area (Å²) in [5.74, 6) is 0. The number of nitrogens with one attached hydrogen (secondary N) is 2. The van der Waals surface area contributed by atoms with Crippen molar-refractivity contribution in [2.45, 2.75) is 13.1 Å². The molecule has 2 N–H and O–H groups in total. The van der Waals surface area contributed by atoms with E-state index in [4.69, 9.17) is 18.9 Å². The minimum absolute atomic E-state index is 0.0817. The third kappa shape index (κ3) is 18.2. The molecular formula is C14H29FN2O5S2. The molecule has 0 saturated heterocycles. The number of hydrogen-bond donors (Lipinski definition) is 3. The minimum atomic E-state index is -1.25. The summed E-state index contributed by atoms with van der Waals surface area (Å²) in [5, 5.41) is 5.14. The van der Waals surface area contributed by atoms with Crippen molar-refractivity contribution in [2.75, 3.05) is 72.5 Å². The van der Waals surface area contributed by atoms with Gasteiger partial charge < -0.3 is 29.6 Å². The smallest absolute Gasteiger partial charge is 0.289 e. The number of alkyl halides is 1. The number of halogens is 1. The molecule has 0 heterocycles. The van der Waals surface area contributed by atoms with Gasteiger partial charge in [0.1, 0.15) is 6.17 Å². The lowest BCUT2D eigenvalue weighted by atomic mass is 10.4. The molecule has 1 amide bonds. The highest BCUT2D eigenvalue weighted by molar-refractivity contribution is 8.74. The van der Waals surface area contributed by atoms with Crippen molar-refractivity contribution in [3.8, 4) is 0 Å². The fraction of sp³-hybridized carbons (Fsp3) is 0.929. The van der Waals surface area contributed by atoms with E-state index < -0.39 is 6.17 Å². The SMILES string of the molecule is CCNCCOCCOCCOCCOCC(F)CNC(=O)SS. The van der Waals surface area contributed by atoms with Gasteiger partial charge in [-0.25, -0.2) is 4.39 Å². The van der Waals surface area contributed by atoms with Crippen LogP contribution in [0, 0.1) is 0 Å². The lowest BCUT2D eigenvalue weighted by Gasteiger charge is -2.10. The molecule has 0 spiro atoms. The van der Waals surface area contributed by atoms with Gasteiger partial charge in [-0.05, 0) is 6.54 Å². The van der Waals surface area contributed by atoms with Crippen molar-refractivity contribution in [3.63, 3.8) is 0 Å². The number of rotatable bonds is 17. The van der Waals surface area contributed by atoms with Crippen LogP contribution in [0.3, 0.4) is 0 Å². The molecule has 144 valence electrons. The highest BCUT2D eigenvalue weighted by Crippen LogP contribution is 2.05. The number of amides is 1. The van der Waals surface area contributed by atoms with E-state index in [-0.39, 0.29) is 18.4 Å². The summed E-state index contributed by atoms with van der Waals surface area (Å²) in [6.07, 6.45) is -1.25. The normalized spacial score (nSPS) is 12.3. The molecule has 0 saturated carbocycles. The molecule has 0 aromatic carbocycles. The average Bonchev–Trinajstić information content (AvgIpc) is 2.59. The number of carbonyl (C=O) groups is 1. The zero-order valence-electron chi connectivity index (χ0n) is 14.1. The van der Waals surface area contributed by atoms with Gasteiger partial charge in [-0.3, -0.25) is 4.79 Å². The van der Waals surface area contributed by atoms with Crippen LogP contribution in [0.25, 0.3) is 0 Å². The van der Waals surface area contributed by atoms with E-state index in [9.17, 15) is 9.18 Å². The van der Waals surface area contributed by atoms with Gasteiger partial charge in [0.05, 0.1) is 59.4 Å². The lowest BCUT2D eigenvalue weighted by Crippen LogP contribution is -2.29. The number of hydrogen-bond acceptors (Lipinski definition) is 8. The van der Waals surface area contributed by atoms with Crippen molar-refractivity contribution in [1.29, 1.82) is 0 Å². The molecule has 24 heavy (non-hydrogen) atoms. The van der Waals surface area contributed by atoms with Gasteiger partial charge in [0, 0.05) is 17.3 Å². The van der Waals surface area contributed by atoms with E-state index in [0.29, 0.717) is 57.0 Å². The van der Waals surface area contributed by atoms with E-state index in [1.807, 2.05) is 6.92 Å². The third-order valence-electron chi connectivity index (χ3n) is 2.64. The molecule has 0 bridgehead atoms. The Labute approximate surface area is 152 Å². The Balaban J connectivity index is 3.13. The largest absolute Gasteiger partial charge is 0.378 e. The van der Waals surface area contributed by atoms with Crippen molar-refractivity contribution < 1.29 is 28.1 Å². The van der Waals surface area contributed by atoms with Crippen LogP contribution in [-0.4, -0.2) is 83.9 Å². The van der Waals surface area contributed by atoms with Crippen molar-refractivity contribution in [2.24, 2.45) is 0 Å². The van der Waals surface area contributed by atoms with Gasteiger partial charge in [-0.1, -0.05) is 6.92 Å². The van der Waals surface area contributed by atoms with Gasteiger partial charge in [0.2, 0.25) is 0 Å². The second kappa shape index (κ2) is 19.2. The Hall–Kier alpha value is -0.100. The average molecular weight is 389 g/mol. The predicted molar refractivity (Wildman–Crippen MR) is 96.7 cm³/mol. The van der Waals surface area contributed by atoms with Crippen LogP contribution in [0.5, 0.6) is 0 Å². The first kappa shape index (κ1) is 23.9. The second-order valence-corrected chi connectivity index (χ2v) is 5.72. The standard InChI is InChI=1S/C14H29FN2O5S2/c1-2-16-3-4-19-5-6-20-7-8-21-9-10-22-12-13(15)11-17-14(18)24-23/h13,16,23H,2-12H2,1H3,(H,17,18). The summed E-state index contributed by atoms with van der Waals surface area (Å²) >= 11 is 3.69. The van der Waals surface area contributed by atoms with Crippen molar-refractivity contribution >= 4 is 27.7 Å². The highest BCUT2D eigenvalue weighted by Gasteiger charge is 2.08. The van der Waals surface area contributed by atoms with Gasteiger partial charge in [0.15, 0.2) is 0 Å². The van der Waals surface area contributed by atoms with Crippen LogP contribution < -0.4 is 10.6 Å². The predicted octanol–water partition coefficient (Wildman–Crippen LogP) is 1.29. The number of ether oxygens (including phenoxy) is 4. The molecule has 0 fully saturated rings. The molecule has 0 rings (SSSR count). The fourth-order valence-corrected chi connectivity index (χ4v) is 1.82. The first-order valence-corrected chi connectivity index (χ1v) is 9.82. The Kier molecular flexibility index (Phi) is 19.1. The Morgan fingerprint density at radius 2 is 1.58 bits per heavy atom. The highest BCUT2D eigenvalue weighted by atomic mass is 33.1. The van der Waals surface area contributed by atoms with Crippen LogP contribution in [0.1, 0.15) is 6.92 Å². The van der Waals surface area contributed by atoms with E-state index in [0.717, 1.165) is 13.1 Å². The summed E-state index contributed by atoms with van der Waals surface area (Å²) in [6, 6.07) is 0. The maximum absolute atomic E-state index is 13.3. The number of thiol groups is 1. The molecule has 0 aliphatic heterocycles. The van der Waals surface area contributed by atoms with Crippen molar-refractivity contribution in [1.82, 2.24) is 10.6 Å². The Bertz CT molecular complexity index is 294. The summed E-state index contributed by atoms with van der Waals surface area (Å²) in [5.41, 5.74) is 0. The van der Waals surface area contributed by atoms with Crippen LogP contribution in [0.2, 0.25) is 0 Å². The first-order valence-electron chi connectivity index (χ1n) is 7.95. The number of likely N-dealkylation sites (N-methyl/N-ethyl adjacent to an activating group) is 1. The molecule has 1 atom stereocenters. The molecule has 0 aliphatic carbocycles. The van der Waals surface area contributed by atoms with Crippen LogP contribution >= 0.6 is 22.5 Å². The van der Waals surface area contributed by atoms with Crippen LogP contribution in [0.4, 0.5) is 9.18 Å². The molecule has 10 heteroatoms. The molecule has 0 aromatic heterocycles. The van der Waals surface area contributed by atoms with E-state index in [1.54, 1.807) is 0 Å². The maximum atomic E-state index is 13.3. The van der Waals surface area contributed by atoms with Gasteiger partial charge >= 0.3 is 0 Å². The topological polar surface area (TPSA) is 78.1 Å². The molecule has 0 aliphatic rings. The fourth-order valence-electron chi connectivity index (χ4n) is 1.48. The quantitative estimate of drug-likeness (QED) is 0.197. The van der Waals surface area contributed by atoms with Gasteiger partial charge in [0.25, 0.3) is 5.24 Å². The molecule has 0 radical (unpaired) electrons. The van der Waals surface area contributed by atoms with E-state index >= 15 is 0 Å². The van der Waals surface area contributed by atoms with Crippen molar-refractivity contribution in [3.05, 3.63) is 0 Å². The first-order chi connectivity index (χ1) is 11.7. The number of carbonyl (C=O) groups excluding carboxylic acids is 1. The second-order valence-electron chi connectivity index (χ2n) is 4.62. The Morgan fingerprint density at radius 1 is 1.04 bits per heavy atom. The Morgan fingerprint density at radius 3 is 2.12 bits per heavy atom. The zero-order chi connectivity index (χ0) is 17.9. The summed E-state index contributed by atoms with van der Waals surface area (Å²) < 4.78 is 34.4. The zero-order valence-corrected chi connectivity index (χ0v) is 15.8. The van der Waals surface area contributed by atoms with E-state index in [1.165, 1.54) is 0 Å².